The molecule has 2 heterocycles. The van der Waals surface area contributed by atoms with Gasteiger partial charge in [0.25, 0.3) is 11.8 Å². The van der Waals surface area contributed by atoms with Crippen molar-refractivity contribution in [1.82, 2.24) is 9.80 Å². The molecule has 120 valence electrons. The van der Waals surface area contributed by atoms with E-state index in [1.165, 1.54) is 11.3 Å². The third-order valence-electron chi connectivity index (χ3n) is 3.88. The number of benzene rings is 1. The summed E-state index contributed by atoms with van der Waals surface area (Å²) in [5, 5.41) is 0. The fourth-order valence-corrected chi connectivity index (χ4v) is 3.68. The van der Waals surface area contributed by atoms with Gasteiger partial charge in [0, 0.05) is 31.7 Å². The Morgan fingerprint density at radius 1 is 0.870 bits per heavy atom. The molecular formula is C17H17ClN2O2S. The van der Waals surface area contributed by atoms with Gasteiger partial charge < -0.3 is 9.80 Å². The average molecular weight is 349 g/mol. The third kappa shape index (κ3) is 3.74. The SMILES string of the molecule is O=C(c1ccccc1)N1CCCN(C(=O)c2ccc(Cl)s2)CC1. The molecule has 23 heavy (non-hydrogen) atoms. The van der Waals surface area contributed by atoms with Crippen LogP contribution in [0.1, 0.15) is 26.5 Å². The van der Waals surface area contributed by atoms with Crippen LogP contribution in [0.5, 0.6) is 0 Å². The van der Waals surface area contributed by atoms with Crippen molar-refractivity contribution in [2.75, 3.05) is 26.2 Å². The third-order valence-corrected chi connectivity index (χ3v) is 5.09. The first-order chi connectivity index (χ1) is 11.1. The lowest BCUT2D eigenvalue weighted by molar-refractivity contribution is 0.0721. The van der Waals surface area contributed by atoms with Crippen molar-refractivity contribution in [3.8, 4) is 0 Å². The average Bonchev–Trinajstić information content (AvgIpc) is 2.87. The zero-order valence-electron chi connectivity index (χ0n) is 12.6. The van der Waals surface area contributed by atoms with Crippen LogP contribution >= 0.6 is 22.9 Å². The van der Waals surface area contributed by atoms with E-state index in [0.717, 1.165) is 6.42 Å². The lowest BCUT2D eigenvalue weighted by Crippen LogP contribution is -2.37. The molecule has 0 aliphatic carbocycles. The summed E-state index contributed by atoms with van der Waals surface area (Å²) < 4.78 is 0.615. The standard InChI is InChI=1S/C17H17ClN2O2S/c18-15-8-7-14(23-15)17(22)20-10-4-9-19(11-12-20)16(21)13-5-2-1-3-6-13/h1-3,5-8H,4,9-12H2. The molecule has 1 aliphatic heterocycles. The number of rotatable bonds is 2. The topological polar surface area (TPSA) is 40.6 Å². The number of carbonyl (C=O) groups is 2. The lowest BCUT2D eigenvalue weighted by Gasteiger charge is -2.22. The zero-order valence-corrected chi connectivity index (χ0v) is 14.1. The molecule has 0 saturated carbocycles. The van der Waals surface area contributed by atoms with E-state index >= 15 is 0 Å². The van der Waals surface area contributed by atoms with Crippen LogP contribution in [0, 0.1) is 0 Å². The summed E-state index contributed by atoms with van der Waals surface area (Å²) in [7, 11) is 0. The second-order valence-corrected chi connectivity index (χ2v) is 7.12. The highest BCUT2D eigenvalue weighted by Crippen LogP contribution is 2.23. The number of thiophene rings is 1. The molecule has 1 aromatic carbocycles. The van der Waals surface area contributed by atoms with Crippen LogP contribution in [-0.4, -0.2) is 47.8 Å². The molecule has 1 aromatic heterocycles. The Morgan fingerprint density at radius 3 is 2.13 bits per heavy atom. The molecule has 0 bridgehead atoms. The maximum Gasteiger partial charge on any atom is 0.264 e. The number of hydrogen-bond acceptors (Lipinski definition) is 3. The molecule has 4 nitrogen and oxygen atoms in total. The van der Waals surface area contributed by atoms with Crippen molar-refractivity contribution in [3.63, 3.8) is 0 Å². The molecule has 0 N–H and O–H groups in total. The first kappa shape index (κ1) is 16.0. The minimum atomic E-state index is -0.00379. The smallest absolute Gasteiger partial charge is 0.264 e. The first-order valence-electron chi connectivity index (χ1n) is 7.54. The van der Waals surface area contributed by atoms with Crippen LogP contribution in [0.3, 0.4) is 0 Å². The zero-order chi connectivity index (χ0) is 16.2. The van der Waals surface area contributed by atoms with Gasteiger partial charge in [-0.3, -0.25) is 9.59 Å². The molecule has 1 saturated heterocycles. The van der Waals surface area contributed by atoms with Crippen molar-refractivity contribution < 1.29 is 9.59 Å². The maximum atomic E-state index is 12.5. The van der Waals surface area contributed by atoms with E-state index in [0.29, 0.717) is 41.0 Å². The quantitative estimate of drug-likeness (QED) is 0.834. The molecule has 2 amide bonds. The number of halogens is 1. The van der Waals surface area contributed by atoms with E-state index < -0.39 is 0 Å². The van der Waals surface area contributed by atoms with E-state index in [2.05, 4.69) is 0 Å². The summed E-state index contributed by atoms with van der Waals surface area (Å²) in [5.41, 5.74) is 0.692. The Morgan fingerprint density at radius 2 is 1.52 bits per heavy atom. The van der Waals surface area contributed by atoms with Crippen molar-refractivity contribution >= 4 is 34.8 Å². The number of hydrogen-bond donors (Lipinski definition) is 0. The van der Waals surface area contributed by atoms with Gasteiger partial charge in [-0.1, -0.05) is 29.8 Å². The molecule has 2 aromatic rings. The summed E-state index contributed by atoms with van der Waals surface area (Å²) in [6.07, 6.45) is 0.781. The van der Waals surface area contributed by atoms with Crippen molar-refractivity contribution in [1.29, 1.82) is 0 Å². The van der Waals surface area contributed by atoms with Crippen LogP contribution in [0.2, 0.25) is 4.34 Å². The molecule has 1 aliphatic rings. The van der Waals surface area contributed by atoms with E-state index in [4.69, 9.17) is 11.6 Å². The molecule has 1 fully saturated rings. The Bertz CT molecular complexity index is 702. The van der Waals surface area contributed by atoms with Gasteiger partial charge in [-0.25, -0.2) is 0 Å². The molecular weight excluding hydrogens is 332 g/mol. The number of amides is 2. The fraction of sp³-hybridized carbons (Fsp3) is 0.294. The molecule has 0 unspecified atom stereocenters. The van der Waals surface area contributed by atoms with Gasteiger partial charge in [0.15, 0.2) is 0 Å². The van der Waals surface area contributed by atoms with Gasteiger partial charge in [-0.15, -0.1) is 11.3 Å². The van der Waals surface area contributed by atoms with E-state index in [1.807, 2.05) is 35.2 Å². The number of nitrogens with zero attached hydrogens (tertiary/aromatic N) is 2. The predicted molar refractivity (Wildman–Crippen MR) is 92.2 cm³/mol. The molecule has 0 radical (unpaired) electrons. The van der Waals surface area contributed by atoms with Gasteiger partial charge >= 0.3 is 0 Å². The normalized spacial score (nSPS) is 15.3. The van der Waals surface area contributed by atoms with Crippen LogP contribution in [0.15, 0.2) is 42.5 Å². The van der Waals surface area contributed by atoms with Crippen molar-refractivity contribution in [2.24, 2.45) is 0 Å². The van der Waals surface area contributed by atoms with Crippen LogP contribution in [0.25, 0.3) is 0 Å². The monoisotopic (exact) mass is 348 g/mol. The molecule has 3 rings (SSSR count). The molecule has 0 spiro atoms. The Balaban J connectivity index is 1.65. The van der Waals surface area contributed by atoms with Crippen LogP contribution in [0.4, 0.5) is 0 Å². The van der Waals surface area contributed by atoms with Crippen molar-refractivity contribution in [3.05, 3.63) is 57.2 Å². The summed E-state index contributed by atoms with van der Waals surface area (Å²) in [6, 6.07) is 12.8. The van der Waals surface area contributed by atoms with Gasteiger partial charge in [-0.2, -0.15) is 0 Å². The van der Waals surface area contributed by atoms with Gasteiger partial charge in [0.05, 0.1) is 9.21 Å². The second kappa shape index (κ2) is 7.15. The molecule has 0 atom stereocenters. The molecule has 6 heteroatoms. The predicted octanol–water partition coefficient (Wildman–Crippen LogP) is 3.39. The maximum absolute atomic E-state index is 12.5. The highest BCUT2D eigenvalue weighted by molar-refractivity contribution is 7.17. The highest BCUT2D eigenvalue weighted by Gasteiger charge is 2.24. The second-order valence-electron chi connectivity index (χ2n) is 5.41. The van der Waals surface area contributed by atoms with E-state index in [1.54, 1.807) is 17.0 Å². The largest absolute Gasteiger partial charge is 0.337 e. The van der Waals surface area contributed by atoms with Gasteiger partial charge in [-0.05, 0) is 30.7 Å². The Hall–Kier alpha value is -1.85. The first-order valence-corrected chi connectivity index (χ1v) is 8.73. The number of carbonyl (C=O) groups excluding carboxylic acids is 2. The lowest BCUT2D eigenvalue weighted by atomic mass is 10.2. The fourth-order valence-electron chi connectivity index (χ4n) is 2.67. The Labute approximate surface area is 144 Å². The van der Waals surface area contributed by atoms with Gasteiger partial charge in [0.2, 0.25) is 0 Å². The summed E-state index contributed by atoms with van der Waals surface area (Å²) in [6.45, 7) is 2.43. The minimum Gasteiger partial charge on any atom is -0.337 e. The summed E-state index contributed by atoms with van der Waals surface area (Å²) in [5.74, 6) is 0.0231. The minimum absolute atomic E-state index is 0.00379. The Kier molecular flexibility index (Phi) is 4.98. The van der Waals surface area contributed by atoms with E-state index in [9.17, 15) is 9.59 Å². The van der Waals surface area contributed by atoms with Crippen molar-refractivity contribution in [2.45, 2.75) is 6.42 Å². The van der Waals surface area contributed by atoms with Crippen LogP contribution < -0.4 is 0 Å². The summed E-state index contributed by atoms with van der Waals surface area (Å²) >= 11 is 7.20. The summed E-state index contributed by atoms with van der Waals surface area (Å²) in [4.78, 5) is 29.3. The van der Waals surface area contributed by atoms with Gasteiger partial charge in [0.1, 0.15) is 0 Å². The highest BCUT2D eigenvalue weighted by atomic mass is 35.5. The van der Waals surface area contributed by atoms with E-state index in [-0.39, 0.29) is 11.8 Å². The van der Waals surface area contributed by atoms with Crippen LogP contribution in [-0.2, 0) is 0 Å².